The second-order valence-electron chi connectivity index (χ2n) is 7.75. The number of piperidine rings is 1. The summed E-state index contributed by atoms with van der Waals surface area (Å²) >= 11 is 0. The molecule has 2 fully saturated rings. The van der Waals surface area contributed by atoms with Gasteiger partial charge in [-0.15, -0.1) is 6.58 Å². The lowest BCUT2D eigenvalue weighted by atomic mass is 9.51. The SMILES string of the molecule is C=CCN1CC[C@]23c4c5cc(O)c(OC)c4OC2C(=O)CC[C@H]3[C@H]1C5. The van der Waals surface area contributed by atoms with E-state index in [2.05, 4.69) is 11.5 Å². The molecule has 2 bridgehead atoms. The Hall–Kier alpha value is -2.01. The van der Waals surface area contributed by atoms with Crippen LogP contribution in [0.4, 0.5) is 0 Å². The average Bonchev–Trinajstić information content (AvgIpc) is 2.93. The average molecular weight is 341 g/mol. The number of carbonyl (C=O) groups excluding carboxylic acids is 1. The summed E-state index contributed by atoms with van der Waals surface area (Å²) in [4.78, 5) is 15.2. The van der Waals surface area contributed by atoms with Crippen LogP contribution < -0.4 is 9.47 Å². The molecule has 132 valence electrons. The van der Waals surface area contributed by atoms with E-state index in [-0.39, 0.29) is 16.9 Å². The molecule has 4 aliphatic rings. The molecule has 1 saturated heterocycles. The molecule has 0 aromatic heterocycles. The van der Waals surface area contributed by atoms with E-state index in [1.807, 2.05) is 12.1 Å². The van der Waals surface area contributed by atoms with Crippen LogP contribution in [0.5, 0.6) is 17.2 Å². The van der Waals surface area contributed by atoms with Gasteiger partial charge < -0.3 is 14.6 Å². The first-order chi connectivity index (χ1) is 12.1. The Morgan fingerprint density at radius 3 is 3.16 bits per heavy atom. The molecule has 1 unspecified atom stereocenters. The number of Topliss-reactive ketones (excluding diaryl/α,β-unsaturated/α-hetero) is 1. The molecule has 2 aliphatic carbocycles. The number of benzene rings is 1. The Bertz CT molecular complexity index is 788. The van der Waals surface area contributed by atoms with Crippen LogP contribution in [0.3, 0.4) is 0 Å². The number of methoxy groups -OCH3 is 1. The predicted octanol–water partition coefficient (Wildman–Crippen LogP) is 2.20. The molecule has 0 radical (unpaired) electrons. The van der Waals surface area contributed by atoms with Crippen molar-refractivity contribution in [3.63, 3.8) is 0 Å². The number of likely N-dealkylation sites (tertiary alicyclic amines) is 1. The number of phenols is 1. The highest BCUT2D eigenvalue weighted by Gasteiger charge is 2.66. The number of ketones is 1. The molecule has 5 nitrogen and oxygen atoms in total. The molecule has 2 aliphatic heterocycles. The third-order valence-corrected chi connectivity index (χ3v) is 6.87. The Kier molecular flexibility index (Phi) is 3.06. The Morgan fingerprint density at radius 1 is 1.56 bits per heavy atom. The standard InChI is InChI=1S/C20H23NO4/c1-3-7-21-8-6-20-12-4-5-14(22)19(20)25-18-16(20)11(9-13(12)21)10-15(23)17(18)24-2/h3,10,12-13,19,23H,1,4-9H2,2H3/t12-,13+,19?,20-/m0/s1. The van der Waals surface area contributed by atoms with Gasteiger partial charge in [-0.3, -0.25) is 9.69 Å². The van der Waals surface area contributed by atoms with Gasteiger partial charge in [0.15, 0.2) is 23.4 Å². The van der Waals surface area contributed by atoms with E-state index >= 15 is 0 Å². The van der Waals surface area contributed by atoms with E-state index in [1.54, 1.807) is 7.11 Å². The fraction of sp³-hybridized carbons (Fsp3) is 0.550. The van der Waals surface area contributed by atoms with Crippen molar-refractivity contribution in [2.45, 2.75) is 43.2 Å². The van der Waals surface area contributed by atoms with Crippen molar-refractivity contribution in [2.75, 3.05) is 20.2 Å². The highest BCUT2D eigenvalue weighted by molar-refractivity contribution is 5.89. The monoisotopic (exact) mass is 341 g/mol. The van der Waals surface area contributed by atoms with Crippen LogP contribution in [-0.2, 0) is 16.6 Å². The molecule has 4 atom stereocenters. The summed E-state index contributed by atoms with van der Waals surface area (Å²) in [5.74, 6) is 1.69. The second-order valence-corrected chi connectivity index (χ2v) is 7.75. The van der Waals surface area contributed by atoms with Gasteiger partial charge in [-0.2, -0.15) is 0 Å². The molecule has 1 aromatic rings. The summed E-state index contributed by atoms with van der Waals surface area (Å²) in [7, 11) is 1.54. The fourth-order valence-electron chi connectivity index (χ4n) is 6.05. The van der Waals surface area contributed by atoms with Gasteiger partial charge in [0.2, 0.25) is 5.75 Å². The Balaban J connectivity index is 1.76. The molecular formula is C20H23NO4. The minimum Gasteiger partial charge on any atom is -0.504 e. The van der Waals surface area contributed by atoms with Crippen LogP contribution in [-0.4, -0.2) is 48.1 Å². The van der Waals surface area contributed by atoms with E-state index < -0.39 is 6.10 Å². The van der Waals surface area contributed by atoms with Gasteiger partial charge in [-0.05, 0) is 43.4 Å². The molecule has 25 heavy (non-hydrogen) atoms. The number of phenolic OH excluding ortho intramolecular Hbond substituents is 1. The lowest BCUT2D eigenvalue weighted by molar-refractivity contribution is -0.138. The first kappa shape index (κ1) is 15.3. The zero-order valence-electron chi connectivity index (χ0n) is 14.5. The molecule has 2 heterocycles. The normalized spacial score (nSPS) is 35.1. The van der Waals surface area contributed by atoms with E-state index in [4.69, 9.17) is 9.47 Å². The molecule has 5 rings (SSSR count). The minimum atomic E-state index is -0.426. The summed E-state index contributed by atoms with van der Waals surface area (Å²) in [6.45, 7) is 5.71. The Morgan fingerprint density at radius 2 is 2.40 bits per heavy atom. The predicted molar refractivity (Wildman–Crippen MR) is 92.4 cm³/mol. The van der Waals surface area contributed by atoms with E-state index in [0.29, 0.717) is 29.9 Å². The van der Waals surface area contributed by atoms with Gasteiger partial charge in [0.25, 0.3) is 0 Å². The van der Waals surface area contributed by atoms with Crippen molar-refractivity contribution in [1.29, 1.82) is 0 Å². The van der Waals surface area contributed by atoms with E-state index in [9.17, 15) is 9.90 Å². The van der Waals surface area contributed by atoms with Crippen LogP contribution in [0.2, 0.25) is 0 Å². The van der Waals surface area contributed by atoms with Gasteiger partial charge in [0, 0.05) is 30.0 Å². The lowest BCUT2D eigenvalue weighted by Gasteiger charge is -2.57. The van der Waals surface area contributed by atoms with Crippen LogP contribution in [0, 0.1) is 5.92 Å². The Labute approximate surface area is 147 Å². The van der Waals surface area contributed by atoms with Crippen LogP contribution in [0.25, 0.3) is 0 Å². The smallest absolute Gasteiger partial charge is 0.203 e. The number of nitrogens with zero attached hydrogens (tertiary/aromatic N) is 1. The lowest BCUT2D eigenvalue weighted by Crippen LogP contribution is -2.66. The molecule has 1 aromatic carbocycles. The quantitative estimate of drug-likeness (QED) is 0.854. The van der Waals surface area contributed by atoms with Gasteiger partial charge in [-0.1, -0.05) is 6.08 Å². The van der Waals surface area contributed by atoms with Crippen molar-refractivity contribution in [3.8, 4) is 17.2 Å². The van der Waals surface area contributed by atoms with Crippen LogP contribution in [0.15, 0.2) is 18.7 Å². The largest absolute Gasteiger partial charge is 0.504 e. The van der Waals surface area contributed by atoms with Crippen molar-refractivity contribution < 1.29 is 19.4 Å². The molecule has 1 saturated carbocycles. The summed E-state index contributed by atoms with van der Waals surface area (Å²) in [5, 5.41) is 10.4. The van der Waals surface area contributed by atoms with Crippen molar-refractivity contribution in [1.82, 2.24) is 4.90 Å². The van der Waals surface area contributed by atoms with E-state index in [1.165, 1.54) is 0 Å². The maximum atomic E-state index is 12.8. The van der Waals surface area contributed by atoms with E-state index in [0.717, 1.165) is 43.5 Å². The zero-order valence-corrected chi connectivity index (χ0v) is 14.5. The van der Waals surface area contributed by atoms with Crippen LogP contribution in [0.1, 0.15) is 30.4 Å². The molecule has 5 heteroatoms. The first-order valence-corrected chi connectivity index (χ1v) is 9.09. The van der Waals surface area contributed by atoms with Crippen molar-refractivity contribution >= 4 is 5.78 Å². The number of carbonyl (C=O) groups is 1. The summed E-state index contributed by atoms with van der Waals surface area (Å²) < 4.78 is 11.6. The summed E-state index contributed by atoms with van der Waals surface area (Å²) in [6.07, 6.45) is 4.81. The van der Waals surface area contributed by atoms with Gasteiger partial charge in [0.1, 0.15) is 0 Å². The van der Waals surface area contributed by atoms with Crippen LogP contribution >= 0.6 is 0 Å². The maximum Gasteiger partial charge on any atom is 0.203 e. The van der Waals surface area contributed by atoms with Gasteiger partial charge in [0.05, 0.1) is 7.11 Å². The van der Waals surface area contributed by atoms with Crippen molar-refractivity contribution in [3.05, 3.63) is 29.8 Å². The third kappa shape index (κ3) is 1.70. The second kappa shape index (κ2) is 5.01. The van der Waals surface area contributed by atoms with Gasteiger partial charge in [-0.25, -0.2) is 0 Å². The fourth-order valence-corrected chi connectivity index (χ4v) is 6.05. The number of ether oxygens (including phenoxy) is 2. The van der Waals surface area contributed by atoms with Gasteiger partial charge >= 0.3 is 0 Å². The number of aromatic hydroxyl groups is 1. The zero-order chi connectivity index (χ0) is 17.3. The molecule has 1 spiro atoms. The highest BCUT2D eigenvalue weighted by Crippen LogP contribution is 2.64. The third-order valence-electron chi connectivity index (χ3n) is 6.87. The minimum absolute atomic E-state index is 0.102. The highest BCUT2D eigenvalue weighted by atomic mass is 16.5. The molecule has 1 N–H and O–H groups in total. The first-order valence-electron chi connectivity index (χ1n) is 9.09. The number of rotatable bonds is 3. The summed E-state index contributed by atoms with van der Waals surface area (Å²) in [6, 6.07) is 2.20. The molecular weight excluding hydrogens is 318 g/mol. The van der Waals surface area contributed by atoms with Crippen molar-refractivity contribution in [2.24, 2.45) is 5.92 Å². The topological polar surface area (TPSA) is 59.0 Å². The molecule has 0 amide bonds. The maximum absolute atomic E-state index is 12.8. The number of hydrogen-bond acceptors (Lipinski definition) is 5. The number of hydrogen-bond donors (Lipinski definition) is 1. The summed E-state index contributed by atoms with van der Waals surface area (Å²) in [5.41, 5.74) is 2.00.